The van der Waals surface area contributed by atoms with Gasteiger partial charge in [0, 0.05) is 0 Å². The Balaban J connectivity index is 1.64. The van der Waals surface area contributed by atoms with E-state index in [-0.39, 0.29) is 0 Å². The van der Waals surface area contributed by atoms with Crippen molar-refractivity contribution in [1.29, 1.82) is 0 Å². The molecule has 0 radical (unpaired) electrons. The molecular formula is C36H30Cl2Ti. The predicted octanol–water partition coefficient (Wildman–Crippen LogP) is 9.62. The molecule has 0 N–H and O–H groups in total. The van der Waals surface area contributed by atoms with Gasteiger partial charge in [-0.05, 0) is 0 Å². The Kier molecular flexibility index (Phi) is 6.65. The van der Waals surface area contributed by atoms with E-state index in [9.17, 15) is 0 Å². The second-order valence-corrected chi connectivity index (χ2v) is 23.5. The number of halogens is 2. The van der Waals surface area contributed by atoms with Gasteiger partial charge in [-0.15, -0.1) is 0 Å². The van der Waals surface area contributed by atoms with Crippen molar-refractivity contribution in [3.8, 4) is 44.5 Å². The maximum atomic E-state index is 8.07. The van der Waals surface area contributed by atoms with Crippen LogP contribution in [0.4, 0.5) is 0 Å². The van der Waals surface area contributed by atoms with Crippen LogP contribution in [0, 0.1) is 13.8 Å². The molecule has 4 aliphatic rings. The number of fused-ring (bicyclic) bond motifs is 2. The molecule has 0 aromatic heterocycles. The van der Waals surface area contributed by atoms with Gasteiger partial charge >= 0.3 is 241 Å². The van der Waals surface area contributed by atoms with E-state index in [1.54, 1.807) is 0 Å². The van der Waals surface area contributed by atoms with E-state index in [0.29, 0.717) is 0 Å². The molecule has 4 aliphatic carbocycles. The molecule has 0 aliphatic heterocycles. The number of hydrogen-bond donors (Lipinski definition) is 0. The molecule has 192 valence electrons. The Morgan fingerprint density at radius 3 is 1.15 bits per heavy atom. The summed E-state index contributed by atoms with van der Waals surface area (Å²) in [5, 5.41) is 0. The Labute approximate surface area is 239 Å². The van der Waals surface area contributed by atoms with E-state index in [2.05, 4.69) is 146 Å². The Bertz CT molecular complexity index is 1700. The fraction of sp³-hybridized carbons (Fsp3) is 0.0833. The van der Waals surface area contributed by atoms with Crippen LogP contribution < -0.4 is 7.74 Å². The molecule has 6 rings (SSSR count). The molecular weight excluding hydrogens is 551 g/mol. The molecule has 0 heterocycles. The summed E-state index contributed by atoms with van der Waals surface area (Å²) in [4.78, 5) is 0. The first-order chi connectivity index (χ1) is 18.8. The molecule has 0 atom stereocenters. The van der Waals surface area contributed by atoms with Gasteiger partial charge in [0.25, 0.3) is 0 Å². The van der Waals surface area contributed by atoms with Crippen molar-refractivity contribution in [3.05, 3.63) is 132 Å². The van der Waals surface area contributed by atoms with Gasteiger partial charge in [0.2, 0.25) is 0 Å². The third-order valence-electron chi connectivity index (χ3n) is 8.08. The van der Waals surface area contributed by atoms with Crippen LogP contribution in [0.2, 0.25) is 0 Å². The molecule has 39 heavy (non-hydrogen) atoms. The van der Waals surface area contributed by atoms with Crippen molar-refractivity contribution in [2.45, 2.75) is 20.8 Å². The number of hydrogen-bond acceptors (Lipinski definition) is 0. The first-order valence-corrected chi connectivity index (χ1v) is 20.1. The molecule has 0 bridgehead atoms. The van der Waals surface area contributed by atoms with Crippen LogP contribution >= 0.6 is 18.6 Å². The fourth-order valence-electron chi connectivity index (χ4n) is 6.37. The second-order valence-electron chi connectivity index (χ2n) is 10.4. The number of benzene rings is 2. The zero-order valence-electron chi connectivity index (χ0n) is 22.4. The van der Waals surface area contributed by atoms with Crippen molar-refractivity contribution in [2.24, 2.45) is 0 Å². The topological polar surface area (TPSA) is 0 Å². The van der Waals surface area contributed by atoms with Gasteiger partial charge in [0.05, 0.1) is 0 Å². The van der Waals surface area contributed by atoms with E-state index in [1.165, 1.54) is 33.4 Å². The molecule has 0 amide bonds. The third kappa shape index (κ3) is 4.22. The minimum atomic E-state index is -4.74. The average Bonchev–Trinajstić information content (AvgIpc) is 3.29. The number of rotatable bonds is 4. The SMILES string of the molecule is C[CH]=[Ti]([Cl])([Cl])([c]1c(C)cc2c(-c3ccccc3)ccccc1-2)[c]1c(C)cc2c(-c3ccccc3)ccccc1-2. The Morgan fingerprint density at radius 1 is 0.462 bits per heavy atom. The van der Waals surface area contributed by atoms with Gasteiger partial charge in [0.15, 0.2) is 0 Å². The van der Waals surface area contributed by atoms with E-state index < -0.39 is 12.7 Å². The molecule has 2 aromatic carbocycles. The van der Waals surface area contributed by atoms with E-state index in [1.807, 2.05) is 0 Å². The van der Waals surface area contributed by atoms with Gasteiger partial charge in [-0.1, -0.05) is 0 Å². The van der Waals surface area contributed by atoms with Gasteiger partial charge in [-0.25, -0.2) is 0 Å². The molecule has 0 unspecified atom stereocenters. The van der Waals surface area contributed by atoms with E-state index in [0.717, 1.165) is 30.0 Å². The van der Waals surface area contributed by atoms with Crippen molar-refractivity contribution in [3.63, 3.8) is 0 Å². The molecule has 3 heteroatoms. The van der Waals surface area contributed by atoms with E-state index in [4.69, 9.17) is 18.6 Å². The minimum absolute atomic E-state index is 1.10. The summed E-state index contributed by atoms with van der Waals surface area (Å²) in [6, 6.07) is 42.8. The van der Waals surface area contributed by atoms with Gasteiger partial charge in [0.1, 0.15) is 0 Å². The van der Waals surface area contributed by atoms with Gasteiger partial charge < -0.3 is 0 Å². The van der Waals surface area contributed by atoms with Crippen LogP contribution in [0.5, 0.6) is 0 Å². The van der Waals surface area contributed by atoms with Crippen LogP contribution in [-0.2, 0) is 12.7 Å². The van der Waals surface area contributed by atoms with Crippen LogP contribution in [-0.4, -0.2) is 4.31 Å². The van der Waals surface area contributed by atoms with Crippen molar-refractivity contribution in [1.82, 2.24) is 0 Å². The summed E-state index contributed by atoms with van der Waals surface area (Å²) in [6.45, 7) is 6.38. The Morgan fingerprint density at radius 2 is 0.795 bits per heavy atom. The third-order valence-corrected chi connectivity index (χ3v) is 19.5. The van der Waals surface area contributed by atoms with Gasteiger partial charge in [-0.2, -0.15) is 0 Å². The monoisotopic (exact) mass is 580 g/mol. The summed E-state index contributed by atoms with van der Waals surface area (Å²) in [5.74, 6) is 0. The van der Waals surface area contributed by atoms with Crippen LogP contribution in [0.1, 0.15) is 18.1 Å². The van der Waals surface area contributed by atoms with Crippen molar-refractivity contribution >= 4 is 30.7 Å². The second kappa shape index (κ2) is 9.88. The summed E-state index contributed by atoms with van der Waals surface area (Å²) < 4.78 is 4.35. The quantitative estimate of drug-likeness (QED) is 0.182. The molecule has 0 saturated heterocycles. The normalized spacial score (nSPS) is 12.2. The van der Waals surface area contributed by atoms with Crippen LogP contribution in [0.25, 0.3) is 44.5 Å². The fourth-order valence-corrected chi connectivity index (χ4v) is 16.5. The summed E-state index contributed by atoms with van der Waals surface area (Å²) >= 11 is -4.74. The predicted molar refractivity (Wildman–Crippen MR) is 169 cm³/mol. The van der Waals surface area contributed by atoms with Crippen LogP contribution in [0.3, 0.4) is 0 Å². The molecule has 0 spiro atoms. The Hall–Kier alpha value is -3.00. The average molecular weight is 581 g/mol. The van der Waals surface area contributed by atoms with Gasteiger partial charge in [-0.3, -0.25) is 0 Å². The standard InChI is InChI=1S/2C17H13.C2H4.2ClH.Ti/c2*1-13-11-15-9-5-6-10-16(17(15)12-13)14-7-3-2-4-8-14;1-2;;;/h2*2-10,12H,1H3;1H,2H3;2*1H;/q;;;;;+2/p-2. The first-order valence-electron chi connectivity index (χ1n) is 13.4. The first kappa shape index (κ1) is 26.2. The van der Waals surface area contributed by atoms with Crippen LogP contribution in [0.15, 0.2) is 121 Å². The van der Waals surface area contributed by atoms with Crippen molar-refractivity contribution < 1.29 is 12.7 Å². The summed E-state index contributed by atoms with van der Waals surface area (Å²) in [6.07, 6.45) is 0. The molecule has 0 nitrogen and oxygen atoms in total. The van der Waals surface area contributed by atoms with E-state index >= 15 is 0 Å². The summed E-state index contributed by atoms with van der Waals surface area (Å²) in [5.41, 5.74) is 11.7. The molecule has 0 saturated carbocycles. The number of aryl methyl sites for hydroxylation is 2. The maximum absolute atomic E-state index is 8.07. The molecule has 0 fully saturated rings. The zero-order chi connectivity index (χ0) is 27.2. The summed E-state index contributed by atoms with van der Waals surface area (Å²) in [7, 11) is 16.1. The molecule has 2 aromatic rings. The zero-order valence-corrected chi connectivity index (χ0v) is 25.5. The van der Waals surface area contributed by atoms with Crippen molar-refractivity contribution in [2.75, 3.05) is 0 Å².